The van der Waals surface area contributed by atoms with Gasteiger partial charge in [-0.3, -0.25) is 0 Å². The molecule has 0 saturated carbocycles. The summed E-state index contributed by atoms with van der Waals surface area (Å²) >= 11 is 0. The molecule has 8 aromatic rings. The van der Waals surface area contributed by atoms with Gasteiger partial charge in [-0.2, -0.15) is 0 Å². The Labute approximate surface area is 249 Å². The number of aromatic nitrogens is 3. The maximum Gasteiger partial charge on any atom is 0.227 e. The fraction of sp³-hybridized carbons (Fsp3) is 0. The highest BCUT2D eigenvalue weighted by atomic mass is 16.3. The van der Waals surface area contributed by atoms with Crippen LogP contribution in [0.2, 0.25) is 0 Å². The number of nitrogens with zero attached hydrogens (tertiary/aromatic N) is 3. The van der Waals surface area contributed by atoms with Gasteiger partial charge in [0.1, 0.15) is 5.52 Å². The van der Waals surface area contributed by atoms with Gasteiger partial charge in [0.05, 0.1) is 11.4 Å². The molecule has 0 N–H and O–H groups in total. The molecule has 0 fully saturated rings. The predicted octanol–water partition coefficient (Wildman–Crippen LogP) is 10.1. The lowest BCUT2D eigenvalue weighted by molar-refractivity contribution is 0.623. The Balaban J connectivity index is 1.20. The van der Waals surface area contributed by atoms with E-state index >= 15 is 0 Å². The lowest BCUT2D eigenvalue weighted by atomic mass is 9.99. The highest BCUT2D eigenvalue weighted by Crippen LogP contribution is 2.34. The lowest BCUT2D eigenvalue weighted by Gasteiger charge is -2.11. The SMILES string of the molecule is c1ccc(-c2cc(-c3ccccc3)nc(-c3cccc(-c4ccc5c(ccc6nc(-c7ccccc7)oc65)c4)c3)n2)cc1. The summed E-state index contributed by atoms with van der Waals surface area (Å²) in [5.41, 5.74) is 9.70. The van der Waals surface area contributed by atoms with Gasteiger partial charge in [-0.1, -0.05) is 109 Å². The third-order valence-corrected chi connectivity index (χ3v) is 7.71. The van der Waals surface area contributed by atoms with Crippen LogP contribution in [0.25, 0.3) is 78.4 Å². The van der Waals surface area contributed by atoms with Crippen molar-refractivity contribution in [1.82, 2.24) is 15.0 Å². The Hall–Kier alpha value is -5.87. The molecule has 2 heterocycles. The van der Waals surface area contributed by atoms with Crippen molar-refractivity contribution in [2.45, 2.75) is 0 Å². The second kappa shape index (κ2) is 10.5. The molecule has 0 aliphatic heterocycles. The normalized spacial score (nSPS) is 11.3. The van der Waals surface area contributed by atoms with Crippen molar-refractivity contribution in [1.29, 1.82) is 0 Å². The minimum atomic E-state index is 0.632. The number of rotatable bonds is 5. The summed E-state index contributed by atoms with van der Waals surface area (Å²) < 4.78 is 6.26. The molecular formula is C39H25N3O. The zero-order valence-corrected chi connectivity index (χ0v) is 23.2. The van der Waals surface area contributed by atoms with E-state index in [1.54, 1.807) is 0 Å². The van der Waals surface area contributed by atoms with Crippen LogP contribution in [-0.4, -0.2) is 15.0 Å². The van der Waals surface area contributed by atoms with Crippen LogP contribution in [0.1, 0.15) is 0 Å². The van der Waals surface area contributed by atoms with Gasteiger partial charge in [0.2, 0.25) is 5.89 Å². The molecule has 4 nitrogen and oxygen atoms in total. The molecule has 43 heavy (non-hydrogen) atoms. The molecule has 2 aromatic heterocycles. The monoisotopic (exact) mass is 551 g/mol. The van der Waals surface area contributed by atoms with Crippen molar-refractivity contribution in [2.24, 2.45) is 0 Å². The van der Waals surface area contributed by atoms with Crippen molar-refractivity contribution in [3.8, 4) is 56.5 Å². The van der Waals surface area contributed by atoms with E-state index in [-0.39, 0.29) is 0 Å². The standard InChI is InChI=1S/C39H25N3O/c1-4-11-26(12-5-1)35-25-36(27-13-6-2-7-14-27)41-38(40-35)32-18-10-17-29(24-32)30-19-21-33-31(23-30)20-22-34-37(33)43-39(42-34)28-15-8-3-9-16-28/h1-25H. The Kier molecular flexibility index (Phi) is 6.08. The zero-order valence-electron chi connectivity index (χ0n) is 23.2. The Morgan fingerprint density at radius 1 is 0.395 bits per heavy atom. The summed E-state index contributed by atoms with van der Waals surface area (Å²) in [6, 6.07) is 51.6. The van der Waals surface area contributed by atoms with Crippen LogP contribution in [0.15, 0.2) is 156 Å². The second-order valence-corrected chi connectivity index (χ2v) is 10.5. The highest BCUT2D eigenvalue weighted by Gasteiger charge is 2.14. The number of hydrogen-bond donors (Lipinski definition) is 0. The fourth-order valence-corrected chi connectivity index (χ4v) is 5.53. The molecule has 0 radical (unpaired) electrons. The average molecular weight is 552 g/mol. The van der Waals surface area contributed by atoms with E-state index in [1.807, 2.05) is 72.8 Å². The largest absolute Gasteiger partial charge is 0.435 e. The molecule has 0 bridgehead atoms. The summed E-state index contributed by atoms with van der Waals surface area (Å²) in [4.78, 5) is 14.8. The molecule has 0 amide bonds. The molecule has 8 rings (SSSR count). The van der Waals surface area contributed by atoms with E-state index in [4.69, 9.17) is 19.4 Å². The summed E-state index contributed by atoms with van der Waals surface area (Å²) in [5.74, 6) is 1.33. The Bertz CT molecular complexity index is 2170. The number of oxazole rings is 1. The summed E-state index contributed by atoms with van der Waals surface area (Å²) in [7, 11) is 0. The zero-order chi connectivity index (χ0) is 28.6. The van der Waals surface area contributed by atoms with E-state index in [9.17, 15) is 0 Å². The van der Waals surface area contributed by atoms with Crippen molar-refractivity contribution in [3.05, 3.63) is 152 Å². The average Bonchev–Trinajstić information content (AvgIpc) is 3.54. The molecular weight excluding hydrogens is 526 g/mol. The van der Waals surface area contributed by atoms with Gasteiger partial charge in [-0.25, -0.2) is 15.0 Å². The van der Waals surface area contributed by atoms with Crippen molar-refractivity contribution < 1.29 is 4.42 Å². The van der Waals surface area contributed by atoms with E-state index in [1.165, 1.54) is 0 Å². The van der Waals surface area contributed by atoms with Crippen molar-refractivity contribution in [3.63, 3.8) is 0 Å². The van der Waals surface area contributed by atoms with Gasteiger partial charge in [0, 0.05) is 27.6 Å². The molecule has 0 spiro atoms. The van der Waals surface area contributed by atoms with E-state index in [0.717, 1.165) is 66.6 Å². The van der Waals surface area contributed by atoms with Crippen LogP contribution in [0.5, 0.6) is 0 Å². The maximum absolute atomic E-state index is 6.26. The van der Waals surface area contributed by atoms with Crippen LogP contribution in [0.4, 0.5) is 0 Å². The third-order valence-electron chi connectivity index (χ3n) is 7.71. The molecule has 202 valence electrons. The molecule has 0 aliphatic carbocycles. The molecule has 4 heteroatoms. The van der Waals surface area contributed by atoms with Gasteiger partial charge in [0.15, 0.2) is 11.4 Å². The first-order chi connectivity index (χ1) is 21.3. The molecule has 0 aliphatic rings. The molecule has 0 atom stereocenters. The first-order valence-electron chi connectivity index (χ1n) is 14.3. The van der Waals surface area contributed by atoms with Crippen LogP contribution < -0.4 is 0 Å². The summed E-state index contributed by atoms with van der Waals surface area (Å²) in [5, 5.41) is 2.14. The number of benzene rings is 6. The van der Waals surface area contributed by atoms with Crippen LogP contribution >= 0.6 is 0 Å². The van der Waals surface area contributed by atoms with Crippen molar-refractivity contribution >= 4 is 21.9 Å². The first-order valence-corrected chi connectivity index (χ1v) is 14.3. The van der Waals surface area contributed by atoms with Gasteiger partial charge in [0.25, 0.3) is 0 Å². The van der Waals surface area contributed by atoms with E-state index < -0.39 is 0 Å². The molecule has 0 unspecified atom stereocenters. The Morgan fingerprint density at radius 3 is 1.65 bits per heavy atom. The van der Waals surface area contributed by atoms with Crippen LogP contribution in [0, 0.1) is 0 Å². The van der Waals surface area contributed by atoms with Crippen molar-refractivity contribution in [2.75, 3.05) is 0 Å². The van der Waals surface area contributed by atoms with Gasteiger partial charge >= 0.3 is 0 Å². The second-order valence-electron chi connectivity index (χ2n) is 10.5. The lowest BCUT2D eigenvalue weighted by Crippen LogP contribution is -1.96. The van der Waals surface area contributed by atoms with Crippen LogP contribution in [-0.2, 0) is 0 Å². The fourth-order valence-electron chi connectivity index (χ4n) is 5.53. The summed E-state index contributed by atoms with van der Waals surface area (Å²) in [6.07, 6.45) is 0. The highest BCUT2D eigenvalue weighted by molar-refractivity contribution is 6.04. The van der Waals surface area contributed by atoms with Gasteiger partial charge in [-0.05, 0) is 59.0 Å². The quantitative estimate of drug-likeness (QED) is 0.214. The van der Waals surface area contributed by atoms with E-state index in [0.29, 0.717) is 11.7 Å². The minimum absolute atomic E-state index is 0.632. The minimum Gasteiger partial charge on any atom is -0.435 e. The van der Waals surface area contributed by atoms with E-state index in [2.05, 4.69) is 78.9 Å². The topological polar surface area (TPSA) is 51.8 Å². The maximum atomic E-state index is 6.26. The predicted molar refractivity (Wildman–Crippen MR) is 174 cm³/mol. The Morgan fingerprint density at radius 2 is 0.977 bits per heavy atom. The van der Waals surface area contributed by atoms with Gasteiger partial charge in [-0.15, -0.1) is 0 Å². The molecule has 6 aromatic carbocycles. The smallest absolute Gasteiger partial charge is 0.227 e. The first kappa shape index (κ1) is 24.9. The molecule has 0 saturated heterocycles. The third kappa shape index (κ3) is 4.75. The summed E-state index contributed by atoms with van der Waals surface area (Å²) in [6.45, 7) is 0. The number of hydrogen-bond acceptors (Lipinski definition) is 4. The van der Waals surface area contributed by atoms with Gasteiger partial charge < -0.3 is 4.42 Å². The number of fused-ring (bicyclic) bond motifs is 3. The van der Waals surface area contributed by atoms with Crippen LogP contribution in [0.3, 0.4) is 0 Å².